The summed E-state index contributed by atoms with van der Waals surface area (Å²) in [5, 5.41) is 10.6. The van der Waals surface area contributed by atoms with Gasteiger partial charge in [-0.25, -0.2) is 0 Å². The third-order valence-corrected chi connectivity index (χ3v) is 8.29. The van der Waals surface area contributed by atoms with Crippen molar-refractivity contribution in [1.82, 2.24) is 4.90 Å². The van der Waals surface area contributed by atoms with Crippen molar-refractivity contribution in [2.75, 3.05) is 7.05 Å². The van der Waals surface area contributed by atoms with Crippen molar-refractivity contribution in [3.8, 4) is 0 Å². The summed E-state index contributed by atoms with van der Waals surface area (Å²) < 4.78 is 0. The standard InChI is InChI=1S/C21H31NO2/c1-5-13-12-14-15-6-7-17(23)20(15,2)10-8-16(14)21(3)11-9-18(24)22(4)19(13)21/h5,9,11,14-17,19,23H,6-8,10,12H2,1-4H3/t14-,15-,16+,17?,19?,20-,21+/m0/s1. The van der Waals surface area contributed by atoms with Gasteiger partial charge in [0.25, 0.3) is 0 Å². The number of carbonyl (C=O) groups excluding carboxylic acids is 1. The molecule has 4 aliphatic rings. The molecule has 2 unspecified atom stereocenters. The van der Waals surface area contributed by atoms with Gasteiger partial charge in [-0.05, 0) is 68.3 Å². The molecule has 1 aliphatic heterocycles. The summed E-state index contributed by atoms with van der Waals surface area (Å²) in [7, 11) is 1.96. The van der Waals surface area contributed by atoms with Crippen molar-refractivity contribution in [2.45, 2.75) is 65.0 Å². The highest BCUT2D eigenvalue weighted by molar-refractivity contribution is 5.89. The molecule has 0 radical (unpaired) electrons. The van der Waals surface area contributed by atoms with Gasteiger partial charge in [-0.15, -0.1) is 0 Å². The molecule has 3 saturated carbocycles. The van der Waals surface area contributed by atoms with Gasteiger partial charge in [-0.2, -0.15) is 0 Å². The summed E-state index contributed by atoms with van der Waals surface area (Å²) in [6, 6.07) is 0.205. The maximum atomic E-state index is 12.3. The minimum Gasteiger partial charge on any atom is -0.393 e. The van der Waals surface area contributed by atoms with Crippen LogP contribution < -0.4 is 0 Å². The van der Waals surface area contributed by atoms with E-state index in [1.807, 2.05) is 11.9 Å². The van der Waals surface area contributed by atoms with Crippen molar-refractivity contribution in [1.29, 1.82) is 0 Å². The summed E-state index contributed by atoms with van der Waals surface area (Å²) >= 11 is 0. The molecule has 0 aromatic heterocycles. The predicted molar refractivity (Wildman–Crippen MR) is 95.2 cm³/mol. The lowest BCUT2D eigenvalue weighted by Gasteiger charge is -2.60. The monoisotopic (exact) mass is 329 g/mol. The normalized spacial score (nSPS) is 52.2. The number of nitrogens with zero attached hydrogens (tertiary/aromatic N) is 1. The van der Waals surface area contributed by atoms with E-state index in [2.05, 4.69) is 32.9 Å². The van der Waals surface area contributed by atoms with E-state index in [1.165, 1.54) is 12.0 Å². The smallest absolute Gasteiger partial charge is 0.246 e. The van der Waals surface area contributed by atoms with E-state index >= 15 is 0 Å². The minimum atomic E-state index is -0.130. The van der Waals surface area contributed by atoms with E-state index < -0.39 is 0 Å². The van der Waals surface area contributed by atoms with Gasteiger partial charge in [0, 0.05) is 12.5 Å². The largest absolute Gasteiger partial charge is 0.393 e. The Hall–Kier alpha value is -1.09. The first-order valence-corrected chi connectivity index (χ1v) is 9.62. The van der Waals surface area contributed by atoms with Crippen LogP contribution in [0.25, 0.3) is 0 Å². The van der Waals surface area contributed by atoms with Crippen LogP contribution in [-0.4, -0.2) is 35.1 Å². The Bertz CT molecular complexity index is 623. The van der Waals surface area contributed by atoms with E-state index in [0.717, 1.165) is 25.7 Å². The van der Waals surface area contributed by atoms with Gasteiger partial charge in [0.15, 0.2) is 0 Å². The number of amides is 1. The molecule has 132 valence electrons. The van der Waals surface area contributed by atoms with Crippen molar-refractivity contribution in [3.05, 3.63) is 23.8 Å². The van der Waals surface area contributed by atoms with Crippen LogP contribution in [0.5, 0.6) is 0 Å². The zero-order valence-electron chi connectivity index (χ0n) is 15.5. The first-order valence-electron chi connectivity index (χ1n) is 9.62. The van der Waals surface area contributed by atoms with Crippen molar-refractivity contribution in [3.63, 3.8) is 0 Å². The minimum absolute atomic E-state index is 0.0301. The van der Waals surface area contributed by atoms with Crippen LogP contribution in [0, 0.1) is 28.6 Å². The Kier molecular flexibility index (Phi) is 3.55. The van der Waals surface area contributed by atoms with Crippen LogP contribution >= 0.6 is 0 Å². The molecule has 0 spiro atoms. The third kappa shape index (κ3) is 1.91. The predicted octanol–water partition coefficient (Wildman–Crippen LogP) is 3.54. The highest BCUT2D eigenvalue weighted by Crippen LogP contribution is 2.64. The van der Waals surface area contributed by atoms with E-state index in [-0.39, 0.29) is 28.9 Å². The van der Waals surface area contributed by atoms with Gasteiger partial charge in [0.05, 0.1) is 12.1 Å². The van der Waals surface area contributed by atoms with E-state index in [9.17, 15) is 9.90 Å². The maximum Gasteiger partial charge on any atom is 0.246 e. The Balaban J connectivity index is 1.78. The van der Waals surface area contributed by atoms with Crippen LogP contribution in [0.15, 0.2) is 23.8 Å². The van der Waals surface area contributed by atoms with Crippen LogP contribution in [0.3, 0.4) is 0 Å². The van der Waals surface area contributed by atoms with Crippen molar-refractivity contribution in [2.24, 2.45) is 28.6 Å². The van der Waals surface area contributed by atoms with E-state index in [0.29, 0.717) is 17.8 Å². The second kappa shape index (κ2) is 5.20. The Labute approximate surface area is 145 Å². The number of likely N-dealkylation sites (N-methyl/N-ethyl adjacent to an activating group) is 1. The number of aliphatic hydroxyl groups excluding tert-OH is 1. The molecule has 0 bridgehead atoms. The first kappa shape index (κ1) is 16.4. The lowest BCUT2D eigenvalue weighted by atomic mass is 9.47. The molecule has 3 heteroatoms. The van der Waals surface area contributed by atoms with E-state index in [4.69, 9.17) is 0 Å². The second-order valence-electron chi connectivity index (χ2n) is 9.13. The SMILES string of the molecule is CC=C1C[C@@H]2[C@@H](CC[C@]3(C)C(O)CC[C@@H]23)[C@@]2(C)C=CC(=O)N(C)C12. The van der Waals surface area contributed by atoms with Crippen molar-refractivity contribution < 1.29 is 9.90 Å². The maximum absolute atomic E-state index is 12.3. The molecule has 0 saturated heterocycles. The molecule has 1 N–H and O–H groups in total. The first-order chi connectivity index (χ1) is 11.3. The van der Waals surface area contributed by atoms with Crippen LogP contribution in [0.1, 0.15) is 52.9 Å². The number of carbonyl (C=O) groups is 1. The Morgan fingerprint density at radius 2 is 2.00 bits per heavy atom. The fraction of sp³-hybridized carbons (Fsp3) is 0.762. The number of hydrogen-bond donors (Lipinski definition) is 1. The van der Waals surface area contributed by atoms with Crippen molar-refractivity contribution >= 4 is 5.91 Å². The van der Waals surface area contributed by atoms with Gasteiger partial charge in [-0.1, -0.05) is 31.6 Å². The molecular formula is C21H31NO2. The highest BCUT2D eigenvalue weighted by atomic mass is 16.3. The third-order valence-electron chi connectivity index (χ3n) is 8.29. The summed E-state index contributed by atoms with van der Waals surface area (Å²) in [6.45, 7) is 6.81. The molecule has 3 fully saturated rings. The Morgan fingerprint density at radius 1 is 1.25 bits per heavy atom. The summed E-state index contributed by atoms with van der Waals surface area (Å²) in [6.07, 6.45) is 11.6. The lowest BCUT2D eigenvalue weighted by molar-refractivity contribution is -0.135. The topological polar surface area (TPSA) is 40.5 Å². The fourth-order valence-corrected chi connectivity index (χ4v) is 6.96. The molecule has 0 aromatic carbocycles. The van der Waals surface area contributed by atoms with Crippen LogP contribution in [-0.2, 0) is 4.79 Å². The number of aliphatic hydroxyl groups is 1. The molecule has 4 rings (SSSR count). The van der Waals surface area contributed by atoms with E-state index in [1.54, 1.807) is 6.08 Å². The van der Waals surface area contributed by atoms with Gasteiger partial charge in [-0.3, -0.25) is 4.79 Å². The zero-order valence-corrected chi connectivity index (χ0v) is 15.5. The Morgan fingerprint density at radius 3 is 2.71 bits per heavy atom. The number of fused-ring (bicyclic) bond motifs is 5. The fourth-order valence-electron chi connectivity index (χ4n) is 6.96. The van der Waals surface area contributed by atoms with Gasteiger partial charge in [0.2, 0.25) is 5.91 Å². The summed E-state index contributed by atoms with van der Waals surface area (Å²) in [5.74, 6) is 2.00. The molecular weight excluding hydrogens is 298 g/mol. The number of hydrogen-bond acceptors (Lipinski definition) is 2. The summed E-state index contributed by atoms with van der Waals surface area (Å²) in [5.41, 5.74) is 1.55. The molecule has 0 aromatic rings. The molecule has 3 aliphatic carbocycles. The molecule has 3 nitrogen and oxygen atoms in total. The average molecular weight is 329 g/mol. The highest BCUT2D eigenvalue weighted by Gasteiger charge is 2.61. The molecule has 24 heavy (non-hydrogen) atoms. The zero-order chi connectivity index (χ0) is 17.3. The van der Waals surface area contributed by atoms with Gasteiger partial charge in [0.1, 0.15) is 0 Å². The number of allylic oxidation sites excluding steroid dienone is 1. The average Bonchev–Trinajstić information content (AvgIpc) is 2.86. The van der Waals surface area contributed by atoms with Crippen LogP contribution in [0.2, 0.25) is 0 Å². The lowest BCUT2D eigenvalue weighted by Crippen LogP contribution is -2.60. The quantitative estimate of drug-likeness (QED) is 0.691. The number of rotatable bonds is 0. The van der Waals surface area contributed by atoms with Crippen LogP contribution in [0.4, 0.5) is 0 Å². The molecule has 7 atom stereocenters. The second-order valence-corrected chi connectivity index (χ2v) is 9.13. The van der Waals surface area contributed by atoms with Gasteiger partial charge < -0.3 is 10.0 Å². The van der Waals surface area contributed by atoms with Gasteiger partial charge >= 0.3 is 0 Å². The molecule has 1 heterocycles. The molecule has 1 amide bonds. The summed E-state index contributed by atoms with van der Waals surface area (Å²) in [4.78, 5) is 14.2.